The molecule has 2 heterocycles. The van der Waals surface area contributed by atoms with Crippen LogP contribution < -0.4 is 10.1 Å². The van der Waals surface area contributed by atoms with Crippen LogP contribution in [0.25, 0.3) is 0 Å². The Labute approximate surface area is 112 Å². The van der Waals surface area contributed by atoms with Crippen LogP contribution in [-0.2, 0) is 0 Å². The van der Waals surface area contributed by atoms with Gasteiger partial charge in [0, 0.05) is 18.2 Å². The summed E-state index contributed by atoms with van der Waals surface area (Å²) in [5, 5.41) is 14.4. The van der Waals surface area contributed by atoms with Gasteiger partial charge in [-0.15, -0.1) is 0 Å². The number of hydrogen-bond donors (Lipinski definition) is 1. The van der Waals surface area contributed by atoms with Crippen LogP contribution in [0.5, 0.6) is 5.75 Å². The summed E-state index contributed by atoms with van der Waals surface area (Å²) in [5.41, 5.74) is 0.0895. The van der Waals surface area contributed by atoms with Crippen molar-refractivity contribution >= 4 is 5.69 Å². The van der Waals surface area contributed by atoms with E-state index in [1.165, 1.54) is 31.4 Å². The number of benzene rings is 1. The summed E-state index contributed by atoms with van der Waals surface area (Å²) in [6.45, 7) is 0. The number of hydrogen-bond acceptors (Lipinski definition) is 4. The number of nitro benzene ring substituents is 1. The maximum atomic E-state index is 10.7. The third-order valence-corrected chi connectivity index (χ3v) is 4.00. The Balaban J connectivity index is 1.68. The predicted molar refractivity (Wildman–Crippen MR) is 71.3 cm³/mol. The SMILES string of the molecule is O=[N+]([O-])c1cccc(O[C@@H]2C[C@H]3CCC[C@@H](C2)N3)c1. The molecule has 5 nitrogen and oxygen atoms in total. The second-order valence-corrected chi connectivity index (χ2v) is 5.46. The second kappa shape index (κ2) is 5.17. The molecule has 2 fully saturated rings. The first-order chi connectivity index (χ1) is 9.20. The first kappa shape index (κ1) is 12.4. The number of piperidine rings is 2. The lowest BCUT2D eigenvalue weighted by atomic mass is 9.85. The third kappa shape index (κ3) is 2.87. The van der Waals surface area contributed by atoms with E-state index < -0.39 is 0 Å². The lowest BCUT2D eigenvalue weighted by Gasteiger charge is -2.40. The molecule has 0 spiro atoms. The first-order valence-corrected chi connectivity index (χ1v) is 6.88. The average Bonchev–Trinajstić information content (AvgIpc) is 2.38. The van der Waals surface area contributed by atoms with Gasteiger partial charge in [0.25, 0.3) is 5.69 Å². The molecular weight excluding hydrogens is 244 g/mol. The Hall–Kier alpha value is -1.62. The van der Waals surface area contributed by atoms with Crippen LogP contribution in [0, 0.1) is 10.1 Å². The second-order valence-electron chi connectivity index (χ2n) is 5.46. The monoisotopic (exact) mass is 262 g/mol. The van der Waals surface area contributed by atoms with Crippen molar-refractivity contribution < 1.29 is 9.66 Å². The van der Waals surface area contributed by atoms with Gasteiger partial charge in [-0.05, 0) is 31.7 Å². The number of ether oxygens (including phenoxy) is 1. The Bertz CT molecular complexity index is 466. The van der Waals surface area contributed by atoms with Gasteiger partial charge in [0.1, 0.15) is 11.9 Å². The van der Waals surface area contributed by atoms with Gasteiger partial charge in [-0.3, -0.25) is 10.1 Å². The highest BCUT2D eigenvalue weighted by atomic mass is 16.6. The molecule has 1 aromatic carbocycles. The highest BCUT2D eigenvalue weighted by Crippen LogP contribution is 2.29. The maximum absolute atomic E-state index is 10.7. The molecule has 0 radical (unpaired) electrons. The molecule has 2 bridgehead atoms. The smallest absolute Gasteiger partial charge is 0.273 e. The zero-order valence-corrected chi connectivity index (χ0v) is 10.7. The molecule has 1 aromatic rings. The van der Waals surface area contributed by atoms with E-state index >= 15 is 0 Å². The molecule has 2 saturated heterocycles. The highest BCUT2D eigenvalue weighted by molar-refractivity contribution is 5.38. The number of fused-ring (bicyclic) bond motifs is 2. The van der Waals surface area contributed by atoms with Gasteiger partial charge in [-0.2, -0.15) is 0 Å². The largest absolute Gasteiger partial charge is 0.490 e. The highest BCUT2D eigenvalue weighted by Gasteiger charge is 2.32. The van der Waals surface area contributed by atoms with Crippen LogP contribution in [0.4, 0.5) is 5.69 Å². The normalized spacial score (nSPS) is 29.8. The van der Waals surface area contributed by atoms with E-state index in [9.17, 15) is 10.1 Å². The van der Waals surface area contributed by atoms with E-state index in [1.807, 2.05) is 0 Å². The molecule has 3 rings (SSSR count). The Morgan fingerprint density at radius 1 is 1.26 bits per heavy atom. The van der Waals surface area contributed by atoms with Gasteiger partial charge >= 0.3 is 0 Å². The molecule has 102 valence electrons. The number of non-ortho nitro benzene ring substituents is 1. The van der Waals surface area contributed by atoms with Crippen molar-refractivity contribution in [2.45, 2.75) is 50.3 Å². The van der Waals surface area contributed by atoms with Crippen molar-refractivity contribution in [3.05, 3.63) is 34.4 Å². The zero-order valence-electron chi connectivity index (χ0n) is 10.7. The summed E-state index contributed by atoms with van der Waals surface area (Å²) >= 11 is 0. The van der Waals surface area contributed by atoms with Gasteiger partial charge in [-0.1, -0.05) is 12.5 Å². The lowest BCUT2D eigenvalue weighted by molar-refractivity contribution is -0.384. The van der Waals surface area contributed by atoms with Crippen molar-refractivity contribution in [2.24, 2.45) is 0 Å². The van der Waals surface area contributed by atoms with Crippen molar-refractivity contribution in [3.8, 4) is 5.75 Å². The van der Waals surface area contributed by atoms with E-state index in [-0.39, 0.29) is 16.7 Å². The van der Waals surface area contributed by atoms with Crippen LogP contribution >= 0.6 is 0 Å². The van der Waals surface area contributed by atoms with Gasteiger partial charge in [0.05, 0.1) is 11.0 Å². The Morgan fingerprint density at radius 3 is 2.68 bits per heavy atom. The molecule has 0 saturated carbocycles. The number of nitro groups is 1. The van der Waals surface area contributed by atoms with Crippen LogP contribution in [0.3, 0.4) is 0 Å². The summed E-state index contributed by atoms with van der Waals surface area (Å²) in [6, 6.07) is 7.58. The van der Waals surface area contributed by atoms with E-state index in [0.29, 0.717) is 17.8 Å². The minimum absolute atomic E-state index is 0.0895. The zero-order chi connectivity index (χ0) is 13.2. The summed E-state index contributed by atoms with van der Waals surface area (Å²) in [7, 11) is 0. The molecule has 0 unspecified atom stereocenters. The van der Waals surface area contributed by atoms with Gasteiger partial charge in [0.2, 0.25) is 0 Å². The summed E-state index contributed by atoms with van der Waals surface area (Å²) in [4.78, 5) is 10.4. The average molecular weight is 262 g/mol. The molecule has 0 aliphatic carbocycles. The third-order valence-electron chi connectivity index (χ3n) is 4.00. The topological polar surface area (TPSA) is 64.4 Å². The fourth-order valence-electron chi connectivity index (χ4n) is 3.17. The predicted octanol–water partition coefficient (Wildman–Crippen LogP) is 2.65. The Morgan fingerprint density at radius 2 is 2.00 bits per heavy atom. The number of nitrogens with one attached hydrogen (secondary N) is 1. The van der Waals surface area contributed by atoms with Crippen LogP contribution in [0.2, 0.25) is 0 Å². The fourth-order valence-corrected chi connectivity index (χ4v) is 3.17. The number of nitrogens with zero attached hydrogens (tertiary/aromatic N) is 1. The molecule has 1 N–H and O–H groups in total. The summed E-state index contributed by atoms with van der Waals surface area (Å²) in [6.07, 6.45) is 5.90. The van der Waals surface area contributed by atoms with Crippen LogP contribution in [-0.4, -0.2) is 23.1 Å². The first-order valence-electron chi connectivity index (χ1n) is 6.88. The molecule has 0 amide bonds. The van der Waals surface area contributed by atoms with Crippen molar-refractivity contribution in [2.75, 3.05) is 0 Å². The van der Waals surface area contributed by atoms with E-state index in [4.69, 9.17) is 4.74 Å². The van der Waals surface area contributed by atoms with Gasteiger partial charge in [-0.25, -0.2) is 0 Å². The molecule has 3 atom stereocenters. The van der Waals surface area contributed by atoms with Crippen molar-refractivity contribution in [1.82, 2.24) is 5.32 Å². The van der Waals surface area contributed by atoms with Crippen molar-refractivity contribution in [1.29, 1.82) is 0 Å². The van der Waals surface area contributed by atoms with Crippen LogP contribution in [0.15, 0.2) is 24.3 Å². The van der Waals surface area contributed by atoms with Crippen LogP contribution in [0.1, 0.15) is 32.1 Å². The molecule has 19 heavy (non-hydrogen) atoms. The maximum Gasteiger partial charge on any atom is 0.273 e. The molecule has 2 aliphatic rings. The summed E-state index contributed by atoms with van der Waals surface area (Å²) < 4.78 is 5.94. The quantitative estimate of drug-likeness (QED) is 0.672. The van der Waals surface area contributed by atoms with E-state index in [1.54, 1.807) is 12.1 Å². The molecule has 0 aromatic heterocycles. The molecular formula is C14H18N2O3. The lowest BCUT2D eigenvalue weighted by Crippen LogP contribution is -2.51. The van der Waals surface area contributed by atoms with E-state index in [2.05, 4.69) is 5.32 Å². The Kier molecular flexibility index (Phi) is 3.38. The fraction of sp³-hybridized carbons (Fsp3) is 0.571. The van der Waals surface area contributed by atoms with E-state index in [0.717, 1.165) is 12.8 Å². The molecule has 5 heteroatoms. The van der Waals surface area contributed by atoms with Crippen molar-refractivity contribution in [3.63, 3.8) is 0 Å². The summed E-state index contributed by atoms with van der Waals surface area (Å²) in [5.74, 6) is 0.610. The van der Waals surface area contributed by atoms with Gasteiger partial charge in [0.15, 0.2) is 0 Å². The molecule has 2 aliphatic heterocycles. The van der Waals surface area contributed by atoms with Gasteiger partial charge < -0.3 is 10.1 Å². The minimum atomic E-state index is -0.385. The minimum Gasteiger partial charge on any atom is -0.490 e. The standard InChI is InChI=1S/C14H18N2O3/c17-16(18)12-5-2-6-13(9-12)19-14-7-10-3-1-4-11(8-14)15-10/h2,5-6,9-11,14-15H,1,3-4,7-8H2/t10-,11+,14-. The number of rotatable bonds is 3.